The first-order chi connectivity index (χ1) is 9.28. The van der Waals surface area contributed by atoms with Crippen LogP contribution in [0.1, 0.15) is 0 Å². The fraction of sp³-hybridized carbons (Fsp3) is 0. The van der Waals surface area contributed by atoms with Crippen LogP contribution in [0, 0.1) is 0 Å². The summed E-state index contributed by atoms with van der Waals surface area (Å²) in [5.74, 6) is -0.0250. The van der Waals surface area contributed by atoms with Gasteiger partial charge in [0.05, 0.1) is 4.90 Å². The van der Waals surface area contributed by atoms with Crippen molar-refractivity contribution >= 4 is 60.7 Å². The summed E-state index contributed by atoms with van der Waals surface area (Å²) >= 11 is 14.4. The average Bonchev–Trinajstić information content (AvgIpc) is 2.30. The Morgan fingerprint density at radius 1 is 1.20 bits per heavy atom. The lowest BCUT2D eigenvalue weighted by molar-refractivity contribution is 0.601. The van der Waals surface area contributed by atoms with Gasteiger partial charge in [-0.2, -0.15) is 4.98 Å². The number of halogens is 3. The van der Waals surface area contributed by atoms with Gasteiger partial charge in [0.25, 0.3) is 10.0 Å². The molecule has 2 rings (SSSR count). The Hall–Kier alpha value is -1.09. The van der Waals surface area contributed by atoms with Crippen molar-refractivity contribution in [2.24, 2.45) is 0 Å². The Bertz CT molecular complexity index is 750. The first-order valence-corrected chi connectivity index (χ1v) is 8.09. The summed E-state index contributed by atoms with van der Waals surface area (Å²) < 4.78 is 27.1. The lowest BCUT2D eigenvalue weighted by atomic mass is 10.3. The summed E-state index contributed by atoms with van der Waals surface area (Å²) in [6.07, 6.45) is 0. The number of nitrogens with one attached hydrogen (secondary N) is 1. The standard InChI is InChI=1S/C10H7BrCl2N4O2S/c11-6-3-5(1-2-7(6)14)20(18,19)17-9-4-8(12)15-10(13)16-9/h1-4H,14H2,(H,15,16,17). The van der Waals surface area contributed by atoms with Gasteiger partial charge in [-0.05, 0) is 45.7 Å². The molecule has 106 valence electrons. The molecule has 0 saturated carbocycles. The summed E-state index contributed by atoms with van der Waals surface area (Å²) in [5.41, 5.74) is 6.03. The Labute approximate surface area is 133 Å². The Morgan fingerprint density at radius 3 is 2.50 bits per heavy atom. The van der Waals surface area contributed by atoms with E-state index in [0.29, 0.717) is 10.2 Å². The second kappa shape index (κ2) is 5.72. The quantitative estimate of drug-likeness (QED) is 0.471. The van der Waals surface area contributed by atoms with Crippen molar-refractivity contribution in [2.75, 3.05) is 10.5 Å². The van der Waals surface area contributed by atoms with Crippen molar-refractivity contribution in [1.82, 2.24) is 9.97 Å². The highest BCUT2D eigenvalue weighted by atomic mass is 79.9. The molecule has 1 aromatic heterocycles. The lowest BCUT2D eigenvalue weighted by Crippen LogP contribution is -2.14. The third kappa shape index (κ3) is 3.51. The predicted octanol–water partition coefficient (Wildman–Crippen LogP) is 2.93. The molecule has 0 bridgehead atoms. The third-order valence-corrected chi connectivity index (χ3v) is 4.59. The van der Waals surface area contributed by atoms with Crippen LogP contribution in [0.15, 0.2) is 33.6 Å². The second-order valence-electron chi connectivity index (χ2n) is 3.63. The fourth-order valence-electron chi connectivity index (χ4n) is 1.31. The van der Waals surface area contributed by atoms with Crippen LogP contribution in [0.5, 0.6) is 0 Å². The van der Waals surface area contributed by atoms with Crippen LogP contribution >= 0.6 is 39.1 Å². The number of anilines is 2. The van der Waals surface area contributed by atoms with E-state index in [9.17, 15) is 8.42 Å². The Balaban J connectivity index is 2.37. The summed E-state index contributed by atoms with van der Waals surface area (Å²) in [6, 6.07) is 5.46. The summed E-state index contributed by atoms with van der Waals surface area (Å²) in [7, 11) is -3.83. The number of nitrogen functional groups attached to an aromatic ring is 1. The van der Waals surface area contributed by atoms with E-state index in [2.05, 4.69) is 30.6 Å². The molecule has 0 saturated heterocycles. The molecular formula is C10H7BrCl2N4O2S. The molecule has 0 aliphatic rings. The smallest absolute Gasteiger partial charge is 0.263 e. The molecule has 20 heavy (non-hydrogen) atoms. The molecule has 2 aromatic rings. The minimum atomic E-state index is -3.83. The zero-order valence-corrected chi connectivity index (χ0v) is 13.6. The minimum Gasteiger partial charge on any atom is -0.398 e. The largest absolute Gasteiger partial charge is 0.398 e. The maximum Gasteiger partial charge on any atom is 0.263 e. The van der Waals surface area contributed by atoms with Crippen LogP contribution in [0.2, 0.25) is 10.4 Å². The Kier molecular flexibility index (Phi) is 4.38. The molecule has 1 aromatic carbocycles. The zero-order valence-electron chi connectivity index (χ0n) is 9.64. The van der Waals surface area contributed by atoms with Crippen molar-refractivity contribution in [3.8, 4) is 0 Å². The molecule has 0 radical (unpaired) electrons. The van der Waals surface area contributed by atoms with E-state index in [1.54, 1.807) is 0 Å². The lowest BCUT2D eigenvalue weighted by Gasteiger charge is -2.08. The molecule has 0 fully saturated rings. The van der Waals surface area contributed by atoms with Crippen LogP contribution < -0.4 is 10.5 Å². The number of sulfonamides is 1. The van der Waals surface area contributed by atoms with Crippen LogP contribution in [0.25, 0.3) is 0 Å². The molecule has 6 nitrogen and oxygen atoms in total. The van der Waals surface area contributed by atoms with Gasteiger partial charge in [0.1, 0.15) is 11.0 Å². The summed E-state index contributed by atoms with van der Waals surface area (Å²) in [5, 5.41) is -0.130. The fourth-order valence-corrected chi connectivity index (χ4v) is 3.27. The monoisotopic (exact) mass is 396 g/mol. The molecule has 0 amide bonds. The van der Waals surface area contributed by atoms with E-state index in [0.717, 1.165) is 0 Å². The average molecular weight is 398 g/mol. The molecule has 1 heterocycles. The normalized spacial score (nSPS) is 11.3. The van der Waals surface area contributed by atoms with Crippen molar-refractivity contribution in [3.63, 3.8) is 0 Å². The van der Waals surface area contributed by atoms with Gasteiger partial charge < -0.3 is 5.73 Å². The maximum absolute atomic E-state index is 12.2. The van der Waals surface area contributed by atoms with Crippen LogP contribution in [0.3, 0.4) is 0 Å². The number of nitrogens with two attached hydrogens (primary N) is 1. The van der Waals surface area contributed by atoms with E-state index in [4.69, 9.17) is 28.9 Å². The predicted molar refractivity (Wildman–Crippen MR) is 81.4 cm³/mol. The number of hydrogen-bond acceptors (Lipinski definition) is 5. The van der Waals surface area contributed by atoms with Crippen molar-refractivity contribution in [1.29, 1.82) is 0 Å². The third-order valence-electron chi connectivity index (χ3n) is 2.19. The van der Waals surface area contributed by atoms with Gasteiger partial charge in [-0.1, -0.05) is 11.6 Å². The first-order valence-electron chi connectivity index (χ1n) is 5.06. The topological polar surface area (TPSA) is 98.0 Å². The molecule has 10 heteroatoms. The van der Waals surface area contributed by atoms with E-state index < -0.39 is 10.0 Å². The maximum atomic E-state index is 12.2. The number of rotatable bonds is 3. The van der Waals surface area contributed by atoms with Crippen LogP contribution in [0.4, 0.5) is 11.5 Å². The Morgan fingerprint density at radius 2 is 1.90 bits per heavy atom. The molecule has 3 N–H and O–H groups in total. The molecule has 0 atom stereocenters. The first kappa shape index (κ1) is 15.3. The SMILES string of the molecule is Nc1ccc(S(=O)(=O)Nc2cc(Cl)nc(Cl)n2)cc1Br. The molecule has 0 aliphatic carbocycles. The van der Waals surface area contributed by atoms with Crippen LogP contribution in [-0.4, -0.2) is 18.4 Å². The minimum absolute atomic E-state index is 0.0180. The molecule has 0 aliphatic heterocycles. The van der Waals surface area contributed by atoms with Crippen molar-refractivity contribution in [3.05, 3.63) is 39.2 Å². The summed E-state index contributed by atoms with van der Waals surface area (Å²) in [6.45, 7) is 0. The molecule has 0 unspecified atom stereocenters. The van der Waals surface area contributed by atoms with Gasteiger partial charge in [-0.15, -0.1) is 0 Å². The van der Waals surface area contributed by atoms with Gasteiger partial charge in [-0.25, -0.2) is 13.4 Å². The van der Waals surface area contributed by atoms with Gasteiger partial charge in [-0.3, -0.25) is 4.72 Å². The number of nitrogens with zero attached hydrogens (tertiary/aromatic N) is 2. The molecule has 0 spiro atoms. The summed E-state index contributed by atoms with van der Waals surface area (Å²) in [4.78, 5) is 7.37. The van der Waals surface area contributed by atoms with Gasteiger partial charge >= 0.3 is 0 Å². The van der Waals surface area contributed by atoms with Gasteiger partial charge in [0.2, 0.25) is 5.28 Å². The van der Waals surface area contributed by atoms with E-state index in [1.807, 2.05) is 0 Å². The molecular weight excluding hydrogens is 391 g/mol. The van der Waals surface area contributed by atoms with Crippen molar-refractivity contribution < 1.29 is 8.42 Å². The van der Waals surface area contributed by atoms with Crippen LogP contribution in [-0.2, 0) is 10.0 Å². The number of aromatic nitrogens is 2. The number of hydrogen-bond donors (Lipinski definition) is 2. The highest BCUT2D eigenvalue weighted by molar-refractivity contribution is 9.10. The number of benzene rings is 1. The second-order valence-corrected chi connectivity index (χ2v) is 6.90. The highest BCUT2D eigenvalue weighted by Crippen LogP contribution is 2.24. The van der Waals surface area contributed by atoms with Gasteiger partial charge in [0, 0.05) is 16.2 Å². The van der Waals surface area contributed by atoms with E-state index in [1.165, 1.54) is 24.3 Å². The highest BCUT2D eigenvalue weighted by Gasteiger charge is 2.16. The zero-order chi connectivity index (χ0) is 14.9. The van der Waals surface area contributed by atoms with Gasteiger partial charge in [0.15, 0.2) is 0 Å². The van der Waals surface area contributed by atoms with E-state index in [-0.39, 0.29) is 21.2 Å². The van der Waals surface area contributed by atoms with Crippen molar-refractivity contribution in [2.45, 2.75) is 4.90 Å². The van der Waals surface area contributed by atoms with E-state index >= 15 is 0 Å².